The van der Waals surface area contributed by atoms with Crippen molar-refractivity contribution in [1.29, 1.82) is 0 Å². The summed E-state index contributed by atoms with van der Waals surface area (Å²) in [5.41, 5.74) is -0.380. The van der Waals surface area contributed by atoms with Gasteiger partial charge >= 0.3 is 17.6 Å². The molecule has 0 aliphatic carbocycles. The van der Waals surface area contributed by atoms with Crippen LogP contribution in [-0.2, 0) is 19.3 Å². The summed E-state index contributed by atoms with van der Waals surface area (Å²) in [6.45, 7) is -0.00692. The molecular weight excluding hydrogens is 433 g/mol. The second-order valence-corrected chi connectivity index (χ2v) is 6.44. The van der Waals surface area contributed by atoms with Gasteiger partial charge in [-0.1, -0.05) is 28.1 Å². The summed E-state index contributed by atoms with van der Waals surface area (Å²) in [7, 11) is 0. The second kappa shape index (κ2) is 7.47. The molecular formula is C17H12BrF3N2O4. The fourth-order valence-corrected chi connectivity index (χ4v) is 2.66. The van der Waals surface area contributed by atoms with Gasteiger partial charge in [0, 0.05) is 10.0 Å². The van der Waals surface area contributed by atoms with Gasteiger partial charge in [0.25, 0.3) is 0 Å². The number of aromatic amines is 1. The Bertz CT molecular complexity index is 1050. The maximum absolute atomic E-state index is 12.8. The molecule has 0 atom stereocenters. The summed E-state index contributed by atoms with van der Waals surface area (Å²) in [4.78, 5) is 24.3. The maximum atomic E-state index is 12.8. The number of ether oxygens (including phenoxy) is 1. The maximum Gasteiger partial charge on any atom is 0.440 e. The largest absolute Gasteiger partial charge is 0.489 e. The lowest BCUT2D eigenvalue weighted by Gasteiger charge is -2.12. The van der Waals surface area contributed by atoms with Crippen molar-refractivity contribution >= 4 is 15.9 Å². The van der Waals surface area contributed by atoms with E-state index in [-0.39, 0.29) is 13.2 Å². The highest BCUT2D eigenvalue weighted by molar-refractivity contribution is 9.10. The Hall–Kier alpha value is -2.75. The minimum absolute atomic E-state index is 0.0526. The average molecular weight is 445 g/mol. The first kappa shape index (κ1) is 19.0. The third-order valence-electron chi connectivity index (χ3n) is 3.65. The molecule has 10 heteroatoms. The van der Waals surface area contributed by atoms with Gasteiger partial charge < -0.3 is 9.26 Å². The lowest BCUT2D eigenvalue weighted by molar-refractivity contribution is -0.137. The number of alkyl halides is 3. The number of hydrogen-bond donors (Lipinski definition) is 1. The van der Waals surface area contributed by atoms with Crippen LogP contribution in [0.2, 0.25) is 0 Å². The lowest BCUT2D eigenvalue weighted by atomic mass is 10.1. The van der Waals surface area contributed by atoms with Crippen LogP contribution in [0.15, 0.2) is 61.0 Å². The summed E-state index contributed by atoms with van der Waals surface area (Å²) in [5, 5.41) is 0. The molecule has 0 saturated heterocycles. The Morgan fingerprint density at radius 1 is 1.11 bits per heavy atom. The molecule has 0 aliphatic heterocycles. The number of rotatable bonds is 5. The molecule has 0 spiro atoms. The van der Waals surface area contributed by atoms with Gasteiger partial charge in [-0.2, -0.15) is 13.2 Å². The summed E-state index contributed by atoms with van der Waals surface area (Å²) in [6, 6.07) is 9.85. The predicted octanol–water partition coefficient (Wildman–Crippen LogP) is 3.54. The van der Waals surface area contributed by atoms with Crippen LogP contribution in [0.4, 0.5) is 13.2 Å². The molecule has 0 radical (unpaired) electrons. The van der Waals surface area contributed by atoms with Crippen LogP contribution in [-0.4, -0.2) is 9.72 Å². The van der Waals surface area contributed by atoms with E-state index in [1.807, 2.05) is 4.98 Å². The average Bonchev–Trinajstić information content (AvgIpc) is 2.91. The molecule has 3 rings (SSSR count). The zero-order chi connectivity index (χ0) is 19.6. The van der Waals surface area contributed by atoms with Crippen LogP contribution in [0.5, 0.6) is 5.75 Å². The molecule has 6 nitrogen and oxygen atoms in total. The molecule has 0 fully saturated rings. The van der Waals surface area contributed by atoms with Gasteiger partial charge in [-0.25, -0.2) is 14.6 Å². The van der Waals surface area contributed by atoms with Gasteiger partial charge in [-0.3, -0.25) is 0 Å². The van der Waals surface area contributed by atoms with E-state index >= 15 is 0 Å². The van der Waals surface area contributed by atoms with Crippen LogP contribution >= 0.6 is 15.9 Å². The Labute approximate surface area is 158 Å². The zero-order valence-electron chi connectivity index (χ0n) is 13.5. The fraction of sp³-hybridized carbons (Fsp3) is 0.176. The highest BCUT2D eigenvalue weighted by Gasteiger charge is 2.30. The van der Waals surface area contributed by atoms with E-state index in [2.05, 4.69) is 20.5 Å². The summed E-state index contributed by atoms with van der Waals surface area (Å²) in [6.07, 6.45) is -4.43. The molecule has 0 unspecified atom stereocenters. The van der Waals surface area contributed by atoms with Gasteiger partial charge in [-0.05, 0) is 35.9 Å². The number of benzene rings is 2. The molecule has 0 bridgehead atoms. The number of halogens is 4. The van der Waals surface area contributed by atoms with E-state index in [0.29, 0.717) is 21.3 Å². The van der Waals surface area contributed by atoms with Crippen LogP contribution in [0.25, 0.3) is 0 Å². The molecule has 3 aromatic rings. The minimum Gasteiger partial charge on any atom is -0.489 e. The third kappa shape index (κ3) is 4.70. The summed E-state index contributed by atoms with van der Waals surface area (Å²) in [5.74, 6) is -0.405. The quantitative estimate of drug-likeness (QED) is 0.652. The summed E-state index contributed by atoms with van der Waals surface area (Å²) < 4.78 is 50.0. The van der Waals surface area contributed by atoms with Crippen molar-refractivity contribution in [2.24, 2.45) is 0 Å². The molecule has 142 valence electrons. The Kier molecular flexibility index (Phi) is 5.26. The van der Waals surface area contributed by atoms with E-state index < -0.39 is 23.2 Å². The smallest absolute Gasteiger partial charge is 0.440 e. The molecule has 27 heavy (non-hydrogen) atoms. The van der Waals surface area contributed by atoms with Crippen LogP contribution in [0.1, 0.15) is 16.7 Å². The van der Waals surface area contributed by atoms with Gasteiger partial charge in [0.05, 0.1) is 12.1 Å². The van der Waals surface area contributed by atoms with Crippen molar-refractivity contribution in [3.05, 3.63) is 84.7 Å². The number of H-pyrrole nitrogens is 1. The highest BCUT2D eigenvalue weighted by atomic mass is 79.9. The molecule has 0 saturated carbocycles. The van der Waals surface area contributed by atoms with E-state index in [1.165, 1.54) is 6.07 Å². The van der Waals surface area contributed by atoms with Crippen molar-refractivity contribution in [2.45, 2.75) is 19.3 Å². The second-order valence-electron chi connectivity index (χ2n) is 5.58. The topological polar surface area (TPSA) is 77.2 Å². The van der Waals surface area contributed by atoms with Gasteiger partial charge in [-0.15, -0.1) is 4.74 Å². The van der Waals surface area contributed by atoms with Gasteiger partial charge in [0.15, 0.2) is 0 Å². The number of nitrogens with zero attached hydrogens (tertiary/aromatic N) is 1. The number of nitrogens with one attached hydrogen (secondary N) is 1. The number of hydrogen-bond acceptors (Lipinski definition) is 4. The van der Waals surface area contributed by atoms with Crippen LogP contribution in [0.3, 0.4) is 0 Å². The monoisotopic (exact) mass is 444 g/mol. The Balaban J connectivity index is 1.68. The van der Waals surface area contributed by atoms with Crippen LogP contribution < -0.4 is 16.2 Å². The molecule has 1 heterocycles. The first-order chi connectivity index (χ1) is 12.7. The third-order valence-corrected chi connectivity index (χ3v) is 4.42. The normalized spacial score (nSPS) is 11.6. The fourth-order valence-electron chi connectivity index (χ4n) is 2.30. The molecule has 0 aliphatic rings. The van der Waals surface area contributed by atoms with E-state index in [9.17, 15) is 22.8 Å². The summed E-state index contributed by atoms with van der Waals surface area (Å²) >= 11 is 3.21. The lowest BCUT2D eigenvalue weighted by Crippen LogP contribution is -2.17. The Morgan fingerprint density at radius 2 is 1.81 bits per heavy atom. The standard InChI is InChI=1S/C17H12BrF3N2O4/c18-14-6-3-12(17(19,20)21)7-11(14)9-26-13-4-1-10(2-5-13)8-23-15(24)22-16(25)27-23/h1-7H,8-9H2,(H,22,24,25). The van der Waals surface area contributed by atoms with Crippen LogP contribution in [0, 0.1) is 0 Å². The zero-order valence-corrected chi connectivity index (χ0v) is 15.1. The minimum atomic E-state index is -4.43. The number of aromatic nitrogens is 2. The van der Waals surface area contributed by atoms with Crippen molar-refractivity contribution in [2.75, 3.05) is 0 Å². The van der Waals surface area contributed by atoms with Crippen molar-refractivity contribution in [3.63, 3.8) is 0 Å². The van der Waals surface area contributed by atoms with Gasteiger partial charge in [0.2, 0.25) is 0 Å². The highest BCUT2D eigenvalue weighted by Crippen LogP contribution is 2.32. The SMILES string of the molecule is O=c1[nH]c(=O)n(Cc2ccc(OCc3cc(C(F)(F)F)ccc3Br)cc2)o1. The van der Waals surface area contributed by atoms with Crippen molar-refractivity contribution < 1.29 is 22.4 Å². The molecule has 2 aromatic carbocycles. The molecule has 1 aromatic heterocycles. The van der Waals surface area contributed by atoms with E-state index in [1.54, 1.807) is 24.3 Å². The first-order valence-electron chi connectivity index (χ1n) is 7.60. The van der Waals surface area contributed by atoms with Crippen molar-refractivity contribution in [1.82, 2.24) is 9.72 Å². The first-order valence-corrected chi connectivity index (χ1v) is 8.39. The predicted molar refractivity (Wildman–Crippen MR) is 92.6 cm³/mol. The van der Waals surface area contributed by atoms with Gasteiger partial charge in [0.1, 0.15) is 12.4 Å². The van der Waals surface area contributed by atoms with E-state index in [0.717, 1.165) is 16.9 Å². The van der Waals surface area contributed by atoms with E-state index in [4.69, 9.17) is 4.74 Å². The van der Waals surface area contributed by atoms with Crippen molar-refractivity contribution in [3.8, 4) is 5.75 Å². The molecule has 0 amide bonds. The molecule has 1 N–H and O–H groups in total. The Morgan fingerprint density at radius 3 is 2.41 bits per heavy atom.